The van der Waals surface area contributed by atoms with Gasteiger partial charge < -0.3 is 0 Å². The lowest BCUT2D eigenvalue weighted by Gasteiger charge is -2.14. The molecule has 1 heterocycles. The standard InChI is InChI=1S/C18H18FN3O/c1-12-4-3-5-16(13(12)2)21-18-20-10-17(23)22(18)11-14-6-8-15(19)9-7-14/h3-9H,10-11H2,1-2H3,(H,20,21)/p+1. The van der Waals surface area contributed by atoms with Crippen LogP contribution in [0, 0.1) is 19.7 Å². The molecule has 0 saturated carbocycles. The third-order valence-corrected chi connectivity index (χ3v) is 4.09. The van der Waals surface area contributed by atoms with E-state index in [0.29, 0.717) is 12.5 Å². The van der Waals surface area contributed by atoms with E-state index >= 15 is 0 Å². The van der Waals surface area contributed by atoms with Crippen LogP contribution in [0.1, 0.15) is 16.7 Å². The van der Waals surface area contributed by atoms with Gasteiger partial charge in [0, 0.05) is 0 Å². The topological polar surface area (TPSA) is 46.3 Å². The number of amides is 1. The highest BCUT2D eigenvalue weighted by Gasteiger charge is 2.33. The van der Waals surface area contributed by atoms with Gasteiger partial charge in [-0.15, -0.1) is 0 Å². The molecule has 2 N–H and O–H groups in total. The van der Waals surface area contributed by atoms with E-state index in [1.165, 1.54) is 17.7 Å². The van der Waals surface area contributed by atoms with Crippen molar-refractivity contribution in [1.29, 1.82) is 0 Å². The van der Waals surface area contributed by atoms with Crippen molar-refractivity contribution >= 4 is 17.6 Å². The number of carbonyl (C=O) groups excluding carboxylic acids is 1. The summed E-state index contributed by atoms with van der Waals surface area (Å²) in [6.45, 7) is 4.75. The first-order chi connectivity index (χ1) is 11.0. The molecule has 0 aromatic heterocycles. The summed E-state index contributed by atoms with van der Waals surface area (Å²) in [5, 5.41) is 3.30. The van der Waals surface area contributed by atoms with Gasteiger partial charge in [-0.3, -0.25) is 9.79 Å². The van der Waals surface area contributed by atoms with Crippen LogP contribution in [0.25, 0.3) is 0 Å². The van der Waals surface area contributed by atoms with Gasteiger partial charge in [0.15, 0.2) is 6.54 Å². The van der Waals surface area contributed by atoms with Crippen molar-refractivity contribution in [3.05, 3.63) is 65.0 Å². The normalized spacial score (nSPS) is 14.1. The van der Waals surface area contributed by atoms with Crippen molar-refractivity contribution in [1.82, 2.24) is 4.90 Å². The zero-order valence-electron chi connectivity index (χ0n) is 13.2. The number of benzene rings is 2. The van der Waals surface area contributed by atoms with E-state index in [9.17, 15) is 9.18 Å². The van der Waals surface area contributed by atoms with Gasteiger partial charge in [0.05, 0.1) is 0 Å². The Morgan fingerprint density at radius 1 is 1.17 bits per heavy atom. The Morgan fingerprint density at radius 2 is 1.91 bits per heavy atom. The van der Waals surface area contributed by atoms with Crippen molar-refractivity contribution in [2.75, 3.05) is 11.9 Å². The molecule has 5 heteroatoms. The number of guanidine groups is 1. The van der Waals surface area contributed by atoms with Crippen LogP contribution in [0.4, 0.5) is 10.1 Å². The number of nitrogens with one attached hydrogen (secondary N) is 2. The number of carbonyl (C=O) groups is 1. The summed E-state index contributed by atoms with van der Waals surface area (Å²) in [5.74, 6) is 0.368. The fourth-order valence-corrected chi connectivity index (χ4v) is 2.54. The van der Waals surface area contributed by atoms with Crippen molar-refractivity contribution in [2.45, 2.75) is 20.4 Å². The Morgan fingerprint density at radius 3 is 2.65 bits per heavy atom. The van der Waals surface area contributed by atoms with Gasteiger partial charge in [-0.25, -0.2) is 9.71 Å². The summed E-state index contributed by atoms with van der Waals surface area (Å²) in [4.78, 5) is 16.9. The second-order valence-corrected chi connectivity index (χ2v) is 5.68. The Bertz CT molecular complexity index is 768. The molecule has 1 amide bonds. The van der Waals surface area contributed by atoms with Crippen LogP contribution >= 0.6 is 0 Å². The Kier molecular flexibility index (Phi) is 4.10. The largest absolute Gasteiger partial charge is 0.358 e. The minimum atomic E-state index is -0.280. The molecule has 0 aliphatic carbocycles. The average Bonchev–Trinajstić information content (AvgIpc) is 2.87. The zero-order valence-corrected chi connectivity index (χ0v) is 13.2. The molecule has 118 valence electrons. The Balaban J connectivity index is 1.79. The Hall–Kier alpha value is -2.69. The molecule has 23 heavy (non-hydrogen) atoms. The van der Waals surface area contributed by atoms with Gasteiger partial charge in [-0.2, -0.15) is 4.90 Å². The number of aryl methyl sites for hydroxylation is 1. The van der Waals surface area contributed by atoms with Crippen molar-refractivity contribution in [3.63, 3.8) is 0 Å². The van der Waals surface area contributed by atoms with Crippen LogP contribution in [0.3, 0.4) is 0 Å². The first kappa shape index (κ1) is 15.2. The summed E-state index contributed by atoms with van der Waals surface area (Å²) in [5.41, 5.74) is 4.17. The highest BCUT2D eigenvalue weighted by atomic mass is 19.1. The lowest BCUT2D eigenvalue weighted by atomic mass is 10.1. The van der Waals surface area contributed by atoms with Gasteiger partial charge in [-0.1, -0.05) is 24.3 Å². The molecule has 1 aliphatic rings. The summed E-state index contributed by atoms with van der Waals surface area (Å²) in [7, 11) is 0. The van der Waals surface area contributed by atoms with E-state index in [1.807, 2.05) is 19.1 Å². The molecule has 0 unspecified atom stereocenters. The second-order valence-electron chi connectivity index (χ2n) is 5.68. The molecule has 0 atom stereocenters. The predicted molar refractivity (Wildman–Crippen MR) is 87.3 cm³/mol. The van der Waals surface area contributed by atoms with E-state index in [4.69, 9.17) is 0 Å². The van der Waals surface area contributed by atoms with Gasteiger partial charge >= 0.3 is 11.9 Å². The van der Waals surface area contributed by atoms with E-state index in [2.05, 4.69) is 23.3 Å². The third kappa shape index (κ3) is 3.23. The average molecular weight is 312 g/mol. The van der Waals surface area contributed by atoms with Crippen LogP contribution in [-0.4, -0.2) is 23.3 Å². The van der Waals surface area contributed by atoms with Crippen molar-refractivity contribution in [3.8, 4) is 0 Å². The SMILES string of the molecule is Cc1cccc(NC2=[NH+]CC(=O)N2Cc2ccc(F)cc2)c1C. The van der Waals surface area contributed by atoms with Crippen LogP contribution < -0.4 is 10.3 Å². The molecule has 4 nitrogen and oxygen atoms in total. The highest BCUT2D eigenvalue weighted by Crippen LogP contribution is 2.18. The first-order valence-electron chi connectivity index (χ1n) is 7.53. The molecule has 0 bridgehead atoms. The number of halogens is 1. The quantitative estimate of drug-likeness (QED) is 0.898. The van der Waals surface area contributed by atoms with Crippen LogP contribution in [0.2, 0.25) is 0 Å². The molecule has 0 fully saturated rings. The van der Waals surface area contributed by atoms with E-state index in [0.717, 1.165) is 16.8 Å². The molecule has 2 aromatic carbocycles. The van der Waals surface area contributed by atoms with Gasteiger partial charge in [0.2, 0.25) is 0 Å². The molecule has 2 aromatic rings. The maximum absolute atomic E-state index is 13.0. The molecular weight excluding hydrogens is 293 g/mol. The number of nitrogens with zero attached hydrogens (tertiary/aromatic N) is 1. The van der Waals surface area contributed by atoms with E-state index in [1.54, 1.807) is 17.0 Å². The highest BCUT2D eigenvalue weighted by molar-refractivity contribution is 6.04. The fraction of sp³-hybridized carbons (Fsp3) is 0.222. The lowest BCUT2D eigenvalue weighted by molar-refractivity contribution is -0.438. The zero-order chi connectivity index (χ0) is 16.4. The minimum Gasteiger partial charge on any atom is -0.266 e. The van der Waals surface area contributed by atoms with E-state index < -0.39 is 0 Å². The molecule has 1 aliphatic heterocycles. The van der Waals surface area contributed by atoms with Crippen molar-refractivity contribution in [2.24, 2.45) is 0 Å². The van der Waals surface area contributed by atoms with Crippen molar-refractivity contribution < 1.29 is 14.2 Å². The smallest absolute Gasteiger partial charge is 0.266 e. The third-order valence-electron chi connectivity index (χ3n) is 4.09. The maximum Gasteiger partial charge on any atom is 0.358 e. The van der Waals surface area contributed by atoms with Crippen LogP contribution in [0.5, 0.6) is 0 Å². The summed E-state index contributed by atoms with van der Waals surface area (Å²) in [6.07, 6.45) is 0. The lowest BCUT2D eigenvalue weighted by Crippen LogP contribution is -2.72. The first-order valence-corrected chi connectivity index (χ1v) is 7.53. The summed E-state index contributed by atoms with van der Waals surface area (Å²) in [6, 6.07) is 12.2. The fourth-order valence-electron chi connectivity index (χ4n) is 2.54. The Labute approximate surface area is 134 Å². The molecule has 3 rings (SSSR count). The summed E-state index contributed by atoms with van der Waals surface area (Å²) < 4.78 is 13.0. The minimum absolute atomic E-state index is 0.0119. The van der Waals surface area contributed by atoms with Gasteiger partial charge in [0.25, 0.3) is 0 Å². The summed E-state index contributed by atoms with van der Waals surface area (Å²) >= 11 is 0. The maximum atomic E-state index is 13.0. The molecule has 0 saturated heterocycles. The van der Waals surface area contributed by atoms with Gasteiger partial charge in [-0.05, 0) is 48.7 Å². The number of hydrogen-bond acceptors (Lipinski definition) is 2. The van der Waals surface area contributed by atoms with Crippen LogP contribution in [-0.2, 0) is 11.3 Å². The predicted octanol–water partition coefficient (Wildman–Crippen LogP) is 1.33. The number of anilines is 1. The second kappa shape index (κ2) is 6.20. The molecule has 0 spiro atoms. The molecular formula is C18H19FN3O+. The van der Waals surface area contributed by atoms with Gasteiger partial charge in [0.1, 0.15) is 18.0 Å². The number of rotatable bonds is 3. The number of hydrogen-bond donors (Lipinski definition) is 2. The molecule has 0 radical (unpaired) electrons. The van der Waals surface area contributed by atoms with Crippen LogP contribution in [0.15, 0.2) is 42.5 Å². The monoisotopic (exact) mass is 312 g/mol. The van der Waals surface area contributed by atoms with E-state index in [-0.39, 0.29) is 18.3 Å².